The third-order valence-corrected chi connectivity index (χ3v) is 3.97. The highest BCUT2D eigenvalue weighted by molar-refractivity contribution is 6.39. The molecule has 2 rings (SSSR count). The van der Waals surface area contributed by atoms with Gasteiger partial charge in [0.15, 0.2) is 0 Å². The standard InChI is InChI=1S/C14H18Cl2N2O2/c1-3-20-12-8-18(2)7-11(12)17-14(19)13-9(15)5-4-6-10(13)16/h4-6,11-12H,3,7-8H2,1-2H3,(H,17,19)/t11-,12-/m1/s1. The predicted octanol–water partition coefficient (Wildman–Crippen LogP) is 2.44. The van der Waals surface area contributed by atoms with Gasteiger partial charge in [-0.15, -0.1) is 0 Å². The number of hydrogen-bond acceptors (Lipinski definition) is 3. The quantitative estimate of drug-likeness (QED) is 0.927. The molecule has 1 heterocycles. The second kappa shape index (κ2) is 6.76. The Morgan fingerprint density at radius 1 is 1.40 bits per heavy atom. The molecule has 1 aromatic rings. The molecular weight excluding hydrogens is 299 g/mol. The summed E-state index contributed by atoms with van der Waals surface area (Å²) < 4.78 is 5.66. The maximum Gasteiger partial charge on any atom is 0.254 e. The van der Waals surface area contributed by atoms with Gasteiger partial charge in [0.05, 0.1) is 27.8 Å². The van der Waals surface area contributed by atoms with E-state index in [0.717, 1.165) is 13.1 Å². The minimum absolute atomic E-state index is 0.00443. The highest BCUT2D eigenvalue weighted by atomic mass is 35.5. The highest BCUT2D eigenvalue weighted by Crippen LogP contribution is 2.24. The van der Waals surface area contributed by atoms with Crippen LogP contribution in [-0.2, 0) is 4.74 Å². The lowest BCUT2D eigenvalue weighted by molar-refractivity contribution is 0.0513. The summed E-state index contributed by atoms with van der Waals surface area (Å²) in [6, 6.07) is 4.97. The maximum atomic E-state index is 12.3. The van der Waals surface area contributed by atoms with Crippen molar-refractivity contribution in [2.24, 2.45) is 0 Å². The molecule has 1 fully saturated rings. The second-order valence-electron chi connectivity index (χ2n) is 4.89. The van der Waals surface area contributed by atoms with Gasteiger partial charge in [-0.25, -0.2) is 0 Å². The van der Waals surface area contributed by atoms with Crippen molar-refractivity contribution in [1.29, 1.82) is 0 Å². The average molecular weight is 317 g/mol. The molecule has 1 saturated heterocycles. The number of ether oxygens (including phenoxy) is 1. The Morgan fingerprint density at radius 3 is 2.65 bits per heavy atom. The minimum atomic E-state index is -0.259. The zero-order valence-corrected chi connectivity index (χ0v) is 13.0. The highest BCUT2D eigenvalue weighted by Gasteiger charge is 2.33. The van der Waals surface area contributed by atoms with Crippen LogP contribution in [0.2, 0.25) is 10.0 Å². The maximum absolute atomic E-state index is 12.3. The van der Waals surface area contributed by atoms with Gasteiger partial charge < -0.3 is 15.0 Å². The summed E-state index contributed by atoms with van der Waals surface area (Å²) >= 11 is 12.1. The molecule has 0 radical (unpaired) electrons. The number of carbonyl (C=O) groups is 1. The third kappa shape index (κ3) is 3.44. The van der Waals surface area contributed by atoms with Gasteiger partial charge in [0.25, 0.3) is 5.91 Å². The molecule has 6 heteroatoms. The largest absolute Gasteiger partial charge is 0.375 e. The van der Waals surface area contributed by atoms with Gasteiger partial charge in [-0.05, 0) is 26.1 Å². The van der Waals surface area contributed by atoms with Gasteiger partial charge >= 0.3 is 0 Å². The average Bonchev–Trinajstić information content (AvgIpc) is 2.69. The summed E-state index contributed by atoms with van der Waals surface area (Å²) in [4.78, 5) is 14.5. The molecule has 0 spiro atoms. The van der Waals surface area contributed by atoms with Crippen LogP contribution in [0.4, 0.5) is 0 Å². The van der Waals surface area contributed by atoms with Crippen molar-refractivity contribution in [2.45, 2.75) is 19.1 Å². The third-order valence-electron chi connectivity index (χ3n) is 3.34. The Kier molecular flexibility index (Phi) is 5.27. The van der Waals surface area contributed by atoms with Crippen molar-refractivity contribution in [2.75, 3.05) is 26.7 Å². The molecule has 0 unspecified atom stereocenters. The van der Waals surface area contributed by atoms with Gasteiger partial charge in [-0.2, -0.15) is 0 Å². The van der Waals surface area contributed by atoms with E-state index in [4.69, 9.17) is 27.9 Å². The summed E-state index contributed by atoms with van der Waals surface area (Å²) in [6.07, 6.45) is -0.00443. The Morgan fingerprint density at radius 2 is 2.05 bits per heavy atom. The number of benzene rings is 1. The number of nitrogens with zero attached hydrogens (tertiary/aromatic N) is 1. The molecule has 0 saturated carbocycles. The van der Waals surface area contributed by atoms with E-state index in [0.29, 0.717) is 22.2 Å². The molecule has 2 atom stereocenters. The molecule has 1 aromatic carbocycles. The Bertz CT molecular complexity index is 476. The van der Waals surface area contributed by atoms with E-state index >= 15 is 0 Å². The van der Waals surface area contributed by atoms with Gasteiger partial charge in [-0.3, -0.25) is 4.79 Å². The first kappa shape index (κ1) is 15.6. The fourth-order valence-corrected chi connectivity index (χ4v) is 3.01. The molecule has 1 aliphatic heterocycles. The molecule has 0 bridgehead atoms. The van der Waals surface area contributed by atoms with Crippen LogP contribution in [0.1, 0.15) is 17.3 Å². The van der Waals surface area contributed by atoms with Crippen LogP contribution in [0.5, 0.6) is 0 Å². The van der Waals surface area contributed by atoms with Crippen LogP contribution in [-0.4, -0.2) is 49.7 Å². The van der Waals surface area contributed by atoms with E-state index in [9.17, 15) is 4.79 Å². The van der Waals surface area contributed by atoms with Crippen LogP contribution in [0.25, 0.3) is 0 Å². The van der Waals surface area contributed by atoms with Crippen molar-refractivity contribution in [1.82, 2.24) is 10.2 Å². The van der Waals surface area contributed by atoms with Crippen molar-refractivity contribution < 1.29 is 9.53 Å². The monoisotopic (exact) mass is 316 g/mol. The number of rotatable bonds is 4. The fourth-order valence-electron chi connectivity index (χ4n) is 2.44. The second-order valence-corrected chi connectivity index (χ2v) is 5.71. The van der Waals surface area contributed by atoms with Crippen LogP contribution in [0, 0.1) is 0 Å². The fraction of sp³-hybridized carbons (Fsp3) is 0.500. The van der Waals surface area contributed by atoms with Crippen molar-refractivity contribution in [3.63, 3.8) is 0 Å². The zero-order valence-electron chi connectivity index (χ0n) is 11.5. The van der Waals surface area contributed by atoms with Gasteiger partial charge in [-0.1, -0.05) is 29.3 Å². The van der Waals surface area contributed by atoms with E-state index < -0.39 is 0 Å². The van der Waals surface area contributed by atoms with Crippen LogP contribution in [0.3, 0.4) is 0 Å². The SMILES string of the molecule is CCO[C@@H]1CN(C)C[C@H]1NC(=O)c1c(Cl)cccc1Cl. The van der Waals surface area contributed by atoms with Gasteiger partial charge in [0.2, 0.25) is 0 Å². The van der Waals surface area contributed by atoms with Gasteiger partial charge in [0, 0.05) is 19.7 Å². The molecule has 0 aliphatic carbocycles. The Balaban J connectivity index is 2.11. The van der Waals surface area contributed by atoms with Crippen molar-refractivity contribution >= 4 is 29.1 Å². The molecule has 0 aromatic heterocycles. The lowest BCUT2D eigenvalue weighted by atomic mass is 10.1. The first-order chi connectivity index (χ1) is 9.52. The Hall–Kier alpha value is -0.810. The normalized spacial score (nSPS) is 23.0. The number of nitrogens with one attached hydrogen (secondary N) is 1. The van der Waals surface area contributed by atoms with E-state index in [1.54, 1.807) is 18.2 Å². The first-order valence-corrected chi connectivity index (χ1v) is 7.33. The summed E-state index contributed by atoms with van der Waals surface area (Å²) in [5.41, 5.74) is 0.320. The zero-order chi connectivity index (χ0) is 14.7. The molecule has 1 aliphatic rings. The van der Waals surface area contributed by atoms with E-state index in [-0.39, 0.29) is 18.1 Å². The van der Waals surface area contributed by atoms with Crippen molar-refractivity contribution in [3.05, 3.63) is 33.8 Å². The van der Waals surface area contributed by atoms with Crippen molar-refractivity contribution in [3.8, 4) is 0 Å². The van der Waals surface area contributed by atoms with Crippen LogP contribution in [0.15, 0.2) is 18.2 Å². The molecule has 20 heavy (non-hydrogen) atoms. The number of likely N-dealkylation sites (N-methyl/N-ethyl adjacent to an activating group) is 1. The van der Waals surface area contributed by atoms with Gasteiger partial charge in [0.1, 0.15) is 0 Å². The Labute approximate surface area is 129 Å². The minimum Gasteiger partial charge on any atom is -0.375 e. The molecule has 1 amide bonds. The summed E-state index contributed by atoms with van der Waals surface area (Å²) in [5.74, 6) is -0.259. The summed E-state index contributed by atoms with van der Waals surface area (Å²) in [6.45, 7) is 4.12. The number of hydrogen-bond donors (Lipinski definition) is 1. The molecule has 4 nitrogen and oxygen atoms in total. The molecular formula is C14H18Cl2N2O2. The van der Waals surface area contributed by atoms with Crippen LogP contribution < -0.4 is 5.32 Å². The van der Waals surface area contributed by atoms with E-state index in [2.05, 4.69) is 10.2 Å². The number of likely N-dealkylation sites (tertiary alicyclic amines) is 1. The van der Waals surface area contributed by atoms with E-state index in [1.807, 2.05) is 14.0 Å². The molecule has 110 valence electrons. The smallest absolute Gasteiger partial charge is 0.254 e. The summed E-state index contributed by atoms with van der Waals surface area (Å²) in [5, 5.41) is 3.68. The number of carbonyl (C=O) groups excluding carboxylic acids is 1. The topological polar surface area (TPSA) is 41.6 Å². The molecule has 1 N–H and O–H groups in total. The number of amides is 1. The lowest BCUT2D eigenvalue weighted by Gasteiger charge is -2.20. The summed E-state index contributed by atoms with van der Waals surface area (Å²) in [7, 11) is 2.00. The number of halogens is 2. The van der Waals surface area contributed by atoms with E-state index in [1.165, 1.54) is 0 Å². The first-order valence-electron chi connectivity index (χ1n) is 6.58. The van der Waals surface area contributed by atoms with Crippen LogP contribution >= 0.6 is 23.2 Å². The lowest BCUT2D eigenvalue weighted by Crippen LogP contribution is -2.44. The predicted molar refractivity (Wildman–Crippen MR) is 80.6 cm³/mol.